The summed E-state index contributed by atoms with van der Waals surface area (Å²) in [5, 5.41) is 0. The Bertz CT molecular complexity index is 425. The van der Waals surface area contributed by atoms with Gasteiger partial charge in [0.1, 0.15) is 0 Å². The summed E-state index contributed by atoms with van der Waals surface area (Å²) in [6.07, 6.45) is 10.6. The Kier molecular flexibility index (Phi) is 4.74. The van der Waals surface area contributed by atoms with Crippen LogP contribution in [0, 0.1) is 5.92 Å². The van der Waals surface area contributed by atoms with Gasteiger partial charge in [0.25, 0.3) is 0 Å². The van der Waals surface area contributed by atoms with Crippen molar-refractivity contribution >= 4 is 0 Å². The van der Waals surface area contributed by atoms with Gasteiger partial charge in [0, 0.05) is 12.6 Å². The monoisotopic (exact) mass is 273 g/mol. The molecule has 0 radical (unpaired) electrons. The SMILES string of the molecule is NC1c2ccccc2CCCC1CCCC1CCCO1. The topological polar surface area (TPSA) is 35.2 Å². The van der Waals surface area contributed by atoms with E-state index in [2.05, 4.69) is 24.3 Å². The van der Waals surface area contributed by atoms with Gasteiger partial charge in [0.15, 0.2) is 0 Å². The molecule has 3 atom stereocenters. The molecule has 1 heterocycles. The predicted octanol–water partition coefficient (Wildman–Crippen LogP) is 3.99. The van der Waals surface area contributed by atoms with Crippen molar-refractivity contribution in [3.05, 3.63) is 35.4 Å². The van der Waals surface area contributed by atoms with E-state index in [4.69, 9.17) is 10.5 Å². The zero-order chi connectivity index (χ0) is 13.8. The number of nitrogens with two attached hydrogens (primary N) is 1. The molecular weight excluding hydrogens is 246 g/mol. The van der Waals surface area contributed by atoms with E-state index >= 15 is 0 Å². The summed E-state index contributed by atoms with van der Waals surface area (Å²) < 4.78 is 5.72. The molecule has 110 valence electrons. The van der Waals surface area contributed by atoms with Crippen molar-refractivity contribution in [1.82, 2.24) is 0 Å². The van der Waals surface area contributed by atoms with Crippen molar-refractivity contribution < 1.29 is 4.74 Å². The molecule has 0 spiro atoms. The van der Waals surface area contributed by atoms with Gasteiger partial charge in [0.05, 0.1) is 6.10 Å². The molecule has 2 N–H and O–H groups in total. The smallest absolute Gasteiger partial charge is 0.0576 e. The summed E-state index contributed by atoms with van der Waals surface area (Å²) in [4.78, 5) is 0. The first kappa shape index (κ1) is 14.1. The van der Waals surface area contributed by atoms with Crippen LogP contribution in [0.4, 0.5) is 0 Å². The van der Waals surface area contributed by atoms with E-state index in [0.717, 1.165) is 6.61 Å². The van der Waals surface area contributed by atoms with Gasteiger partial charge in [-0.05, 0) is 62.0 Å². The van der Waals surface area contributed by atoms with Gasteiger partial charge in [-0.1, -0.05) is 30.7 Å². The highest BCUT2D eigenvalue weighted by Gasteiger charge is 2.24. The van der Waals surface area contributed by atoms with Crippen LogP contribution in [0.2, 0.25) is 0 Å². The van der Waals surface area contributed by atoms with Crippen LogP contribution >= 0.6 is 0 Å². The minimum atomic E-state index is 0.234. The molecule has 1 aromatic rings. The number of fused-ring (bicyclic) bond motifs is 1. The zero-order valence-corrected chi connectivity index (χ0v) is 12.4. The first-order valence-corrected chi connectivity index (χ1v) is 8.29. The highest BCUT2D eigenvalue weighted by molar-refractivity contribution is 5.31. The van der Waals surface area contributed by atoms with E-state index in [9.17, 15) is 0 Å². The van der Waals surface area contributed by atoms with Gasteiger partial charge in [-0.25, -0.2) is 0 Å². The van der Waals surface area contributed by atoms with Gasteiger partial charge >= 0.3 is 0 Å². The lowest BCUT2D eigenvalue weighted by molar-refractivity contribution is 0.100. The summed E-state index contributed by atoms with van der Waals surface area (Å²) in [6.45, 7) is 0.973. The first-order valence-electron chi connectivity index (χ1n) is 8.29. The second-order valence-electron chi connectivity index (χ2n) is 6.44. The molecule has 0 aromatic heterocycles. The molecule has 20 heavy (non-hydrogen) atoms. The number of hydrogen-bond acceptors (Lipinski definition) is 2. The van der Waals surface area contributed by atoms with Crippen LogP contribution in [-0.4, -0.2) is 12.7 Å². The van der Waals surface area contributed by atoms with Crippen molar-refractivity contribution in [3.8, 4) is 0 Å². The van der Waals surface area contributed by atoms with E-state index < -0.39 is 0 Å². The third-order valence-corrected chi connectivity index (χ3v) is 5.07. The fourth-order valence-corrected chi connectivity index (χ4v) is 3.88. The maximum absolute atomic E-state index is 6.55. The summed E-state index contributed by atoms with van der Waals surface area (Å²) in [7, 11) is 0. The third-order valence-electron chi connectivity index (χ3n) is 5.07. The Balaban J connectivity index is 1.56. The van der Waals surface area contributed by atoms with Crippen LogP contribution in [0.5, 0.6) is 0 Å². The third kappa shape index (κ3) is 3.24. The molecule has 1 fully saturated rings. The molecule has 2 aliphatic rings. The molecule has 1 aliphatic carbocycles. The van der Waals surface area contributed by atoms with Crippen LogP contribution < -0.4 is 5.73 Å². The van der Waals surface area contributed by atoms with Gasteiger partial charge in [-0.3, -0.25) is 0 Å². The maximum Gasteiger partial charge on any atom is 0.0576 e. The number of hydrogen-bond donors (Lipinski definition) is 1. The largest absolute Gasteiger partial charge is 0.378 e. The highest BCUT2D eigenvalue weighted by Crippen LogP contribution is 2.34. The van der Waals surface area contributed by atoms with Crippen molar-refractivity contribution in [2.45, 2.75) is 63.5 Å². The van der Waals surface area contributed by atoms with E-state index in [1.165, 1.54) is 62.5 Å². The van der Waals surface area contributed by atoms with Crippen LogP contribution in [0.15, 0.2) is 24.3 Å². The molecule has 1 aliphatic heterocycles. The van der Waals surface area contributed by atoms with Crippen molar-refractivity contribution in [1.29, 1.82) is 0 Å². The summed E-state index contributed by atoms with van der Waals surface area (Å²) in [5.41, 5.74) is 9.42. The standard InChI is InChI=1S/C18H27NO/c19-18-15(9-4-10-16-11-5-13-20-16)8-3-7-14-6-1-2-12-17(14)18/h1-2,6,12,15-16,18H,3-5,7-11,13,19H2. The molecule has 0 bridgehead atoms. The van der Waals surface area contributed by atoms with Crippen molar-refractivity contribution in [3.63, 3.8) is 0 Å². The lowest BCUT2D eigenvalue weighted by Gasteiger charge is -2.23. The predicted molar refractivity (Wildman–Crippen MR) is 82.6 cm³/mol. The lowest BCUT2D eigenvalue weighted by atomic mass is 9.87. The van der Waals surface area contributed by atoms with Gasteiger partial charge in [-0.15, -0.1) is 0 Å². The molecule has 3 rings (SSSR count). The van der Waals surface area contributed by atoms with Crippen LogP contribution in [0.3, 0.4) is 0 Å². The average molecular weight is 273 g/mol. The lowest BCUT2D eigenvalue weighted by Crippen LogP contribution is -2.21. The minimum absolute atomic E-state index is 0.234. The van der Waals surface area contributed by atoms with Crippen LogP contribution in [0.1, 0.15) is 62.1 Å². The molecule has 1 aromatic carbocycles. The number of aryl methyl sites for hydroxylation is 1. The van der Waals surface area contributed by atoms with Gasteiger partial charge in [-0.2, -0.15) is 0 Å². The average Bonchev–Trinajstić information content (AvgIpc) is 2.93. The van der Waals surface area contributed by atoms with E-state index in [1.807, 2.05) is 0 Å². The highest BCUT2D eigenvalue weighted by atomic mass is 16.5. The summed E-state index contributed by atoms with van der Waals surface area (Å²) >= 11 is 0. The molecule has 2 nitrogen and oxygen atoms in total. The Labute approximate surface area is 122 Å². The fraction of sp³-hybridized carbons (Fsp3) is 0.667. The molecule has 1 saturated heterocycles. The number of benzene rings is 1. The van der Waals surface area contributed by atoms with E-state index in [-0.39, 0.29) is 6.04 Å². The Morgan fingerprint density at radius 3 is 2.85 bits per heavy atom. The molecule has 0 saturated carbocycles. The first-order chi connectivity index (χ1) is 9.84. The Morgan fingerprint density at radius 2 is 2.00 bits per heavy atom. The Hall–Kier alpha value is -0.860. The minimum Gasteiger partial charge on any atom is -0.378 e. The zero-order valence-electron chi connectivity index (χ0n) is 12.4. The summed E-state index contributed by atoms with van der Waals surface area (Å²) in [6, 6.07) is 9.00. The number of ether oxygens (including phenoxy) is 1. The fourth-order valence-electron chi connectivity index (χ4n) is 3.88. The van der Waals surface area contributed by atoms with E-state index in [1.54, 1.807) is 0 Å². The van der Waals surface area contributed by atoms with Gasteiger partial charge in [0.2, 0.25) is 0 Å². The van der Waals surface area contributed by atoms with Crippen LogP contribution in [0.25, 0.3) is 0 Å². The van der Waals surface area contributed by atoms with Crippen LogP contribution in [-0.2, 0) is 11.2 Å². The number of rotatable bonds is 4. The molecule has 3 unspecified atom stereocenters. The second kappa shape index (κ2) is 6.73. The molecular formula is C18H27NO. The summed E-state index contributed by atoms with van der Waals surface area (Å²) in [5.74, 6) is 0.653. The molecule has 0 amide bonds. The normalized spacial score (nSPS) is 29.9. The van der Waals surface area contributed by atoms with Crippen molar-refractivity contribution in [2.24, 2.45) is 11.7 Å². The van der Waals surface area contributed by atoms with E-state index in [0.29, 0.717) is 12.0 Å². The van der Waals surface area contributed by atoms with Crippen molar-refractivity contribution in [2.75, 3.05) is 6.61 Å². The maximum atomic E-state index is 6.55. The second-order valence-corrected chi connectivity index (χ2v) is 6.44. The van der Waals surface area contributed by atoms with Gasteiger partial charge < -0.3 is 10.5 Å². The molecule has 2 heteroatoms. The Morgan fingerprint density at radius 1 is 1.10 bits per heavy atom. The quantitative estimate of drug-likeness (QED) is 0.842.